The quantitative estimate of drug-likeness (QED) is 0.0661. The fraction of sp³-hybridized carbons (Fsp3) is 0.541. The molecule has 0 spiro atoms. The van der Waals surface area contributed by atoms with Gasteiger partial charge in [-0.3, -0.25) is 4.79 Å². The van der Waals surface area contributed by atoms with Crippen LogP contribution < -0.4 is 5.32 Å². The van der Waals surface area contributed by atoms with Gasteiger partial charge < -0.3 is 24.5 Å². The molecule has 1 amide bonds. The van der Waals surface area contributed by atoms with Gasteiger partial charge in [-0.25, -0.2) is 9.59 Å². The number of carbonyl (C=O) groups excluding carboxylic acids is 3. The van der Waals surface area contributed by atoms with Crippen molar-refractivity contribution in [3.63, 3.8) is 0 Å². The number of H-pyrrole nitrogens is 1. The van der Waals surface area contributed by atoms with Crippen molar-refractivity contribution < 1.29 is 28.6 Å². The predicted molar refractivity (Wildman–Crippen MR) is 181 cm³/mol. The number of carbonyl (C=O) groups is 3. The van der Waals surface area contributed by atoms with Gasteiger partial charge in [0.15, 0.2) is 5.54 Å². The average Bonchev–Trinajstić information content (AvgIpc) is 3.43. The van der Waals surface area contributed by atoms with Crippen molar-refractivity contribution in [2.24, 2.45) is 0 Å². The zero-order chi connectivity index (χ0) is 33.0. The highest BCUT2D eigenvalue weighted by Gasteiger charge is 2.41. The lowest BCUT2D eigenvalue weighted by molar-refractivity contribution is -0.152. The summed E-state index contributed by atoms with van der Waals surface area (Å²) in [4.78, 5) is 41.3. The number of allylic oxidation sites excluding steroid dienone is 6. The van der Waals surface area contributed by atoms with Crippen LogP contribution in [0.1, 0.15) is 111 Å². The lowest BCUT2D eigenvalue weighted by atomic mass is 9.91. The maximum absolute atomic E-state index is 13.3. The third-order valence-electron chi connectivity index (χ3n) is 7.09. The van der Waals surface area contributed by atoms with Gasteiger partial charge in [-0.1, -0.05) is 74.4 Å². The first kappa shape index (κ1) is 37.4. The molecule has 0 aliphatic rings. The standard InChI is InChI=1S/C37H54N2O6/c1-6-7-8-9-10-11-12-13-14-15-16-17-18-19-20-26-33(40)43-27-23-28-44-34(41)37(5,39-35(42)45-36(2,3)4)31-29-38-32-25-22-21-24-30(31)32/h10-11,13-14,16-17,21-22,24-25,29,38H,6-9,12,15,18-20,23,26-28H2,1-5H3,(H,39,42)/b11-10-,14-13-,17-16-. The Kier molecular flexibility index (Phi) is 16.8. The minimum Gasteiger partial charge on any atom is -0.466 e. The SMILES string of the molecule is CCCCC/C=C\C/C=C\C/C=C\CCCCC(=O)OCCCOC(=O)C(C)(NC(=O)OC(C)(C)C)c1c[nH]c2ccccc12. The molecular weight excluding hydrogens is 568 g/mol. The Hall–Kier alpha value is -3.81. The number of rotatable bonds is 20. The summed E-state index contributed by atoms with van der Waals surface area (Å²) >= 11 is 0. The van der Waals surface area contributed by atoms with E-state index in [1.54, 1.807) is 33.9 Å². The lowest BCUT2D eigenvalue weighted by Gasteiger charge is -2.30. The zero-order valence-electron chi connectivity index (χ0n) is 28.0. The summed E-state index contributed by atoms with van der Waals surface area (Å²) in [6.45, 7) is 9.26. The van der Waals surface area contributed by atoms with Crippen molar-refractivity contribution in [3.8, 4) is 0 Å². The number of esters is 2. The molecule has 1 aromatic carbocycles. The van der Waals surface area contributed by atoms with Crippen LogP contribution in [0.2, 0.25) is 0 Å². The molecule has 248 valence electrons. The third kappa shape index (κ3) is 14.7. The topological polar surface area (TPSA) is 107 Å². The van der Waals surface area contributed by atoms with Crippen LogP contribution in [0.25, 0.3) is 10.9 Å². The number of amides is 1. The first-order valence-corrected chi connectivity index (χ1v) is 16.4. The molecule has 0 aliphatic carbocycles. The van der Waals surface area contributed by atoms with Gasteiger partial charge >= 0.3 is 18.0 Å². The summed E-state index contributed by atoms with van der Waals surface area (Å²) in [5.74, 6) is -0.895. The number of hydrogen-bond donors (Lipinski definition) is 2. The molecule has 8 heteroatoms. The minimum atomic E-state index is -1.51. The summed E-state index contributed by atoms with van der Waals surface area (Å²) in [5.41, 5.74) is -0.858. The molecule has 8 nitrogen and oxygen atoms in total. The Balaban J connectivity index is 1.67. The molecule has 0 radical (unpaired) electrons. The molecule has 0 saturated heterocycles. The second-order valence-electron chi connectivity index (χ2n) is 12.3. The second kappa shape index (κ2) is 20.3. The number of alkyl carbamates (subject to hydrolysis) is 1. The molecule has 1 aromatic heterocycles. The van der Waals surface area contributed by atoms with E-state index in [0.717, 1.165) is 43.0 Å². The van der Waals surface area contributed by atoms with Gasteiger partial charge in [-0.15, -0.1) is 0 Å². The Bertz CT molecular complexity index is 1270. The maximum Gasteiger partial charge on any atom is 0.408 e. The van der Waals surface area contributed by atoms with Gasteiger partial charge in [-0.05, 0) is 78.7 Å². The van der Waals surface area contributed by atoms with E-state index in [4.69, 9.17) is 14.2 Å². The maximum atomic E-state index is 13.3. The third-order valence-corrected chi connectivity index (χ3v) is 7.09. The van der Waals surface area contributed by atoms with Crippen LogP contribution in [-0.2, 0) is 29.3 Å². The lowest BCUT2D eigenvalue weighted by Crippen LogP contribution is -2.51. The summed E-state index contributed by atoms with van der Waals surface area (Å²) < 4.78 is 16.3. The number of hydrogen-bond acceptors (Lipinski definition) is 6. The first-order chi connectivity index (χ1) is 21.6. The van der Waals surface area contributed by atoms with Crippen molar-refractivity contribution in [2.45, 2.75) is 116 Å². The number of nitrogens with one attached hydrogen (secondary N) is 2. The average molecular weight is 623 g/mol. The van der Waals surface area contributed by atoms with Crippen LogP contribution in [0.5, 0.6) is 0 Å². The Labute approximate surface area is 269 Å². The first-order valence-electron chi connectivity index (χ1n) is 16.4. The van der Waals surface area contributed by atoms with E-state index in [1.807, 2.05) is 24.3 Å². The highest BCUT2D eigenvalue weighted by Crippen LogP contribution is 2.30. The number of aromatic nitrogens is 1. The van der Waals surface area contributed by atoms with Crippen molar-refractivity contribution in [2.75, 3.05) is 13.2 Å². The Morgan fingerprint density at radius 2 is 1.42 bits per heavy atom. The van der Waals surface area contributed by atoms with Crippen molar-refractivity contribution in [1.29, 1.82) is 0 Å². The van der Waals surface area contributed by atoms with Gasteiger partial charge in [-0.2, -0.15) is 0 Å². The fourth-order valence-corrected chi connectivity index (χ4v) is 4.67. The van der Waals surface area contributed by atoms with Gasteiger partial charge in [0.1, 0.15) is 5.60 Å². The smallest absolute Gasteiger partial charge is 0.408 e. The van der Waals surface area contributed by atoms with Crippen LogP contribution in [0.4, 0.5) is 4.79 Å². The normalized spacial score (nSPS) is 13.4. The molecule has 2 rings (SSSR count). The van der Waals surface area contributed by atoms with Crippen molar-refractivity contribution >= 4 is 28.9 Å². The molecule has 0 saturated carbocycles. The summed E-state index contributed by atoms with van der Waals surface area (Å²) in [7, 11) is 0. The molecule has 0 aliphatic heterocycles. The molecule has 2 aromatic rings. The van der Waals surface area contributed by atoms with E-state index in [1.165, 1.54) is 25.7 Å². The van der Waals surface area contributed by atoms with E-state index >= 15 is 0 Å². The van der Waals surface area contributed by atoms with Crippen LogP contribution in [0.15, 0.2) is 66.9 Å². The van der Waals surface area contributed by atoms with Gasteiger partial charge in [0.05, 0.1) is 13.2 Å². The summed E-state index contributed by atoms with van der Waals surface area (Å²) in [6, 6.07) is 7.50. The predicted octanol–water partition coefficient (Wildman–Crippen LogP) is 8.97. The Morgan fingerprint density at radius 3 is 2.09 bits per heavy atom. The van der Waals surface area contributed by atoms with Crippen molar-refractivity contribution in [1.82, 2.24) is 10.3 Å². The number of para-hydroxylation sites is 1. The molecule has 1 unspecified atom stereocenters. The van der Waals surface area contributed by atoms with Crippen LogP contribution >= 0.6 is 0 Å². The molecule has 0 bridgehead atoms. The van der Waals surface area contributed by atoms with Gasteiger partial charge in [0.25, 0.3) is 0 Å². The van der Waals surface area contributed by atoms with E-state index in [9.17, 15) is 14.4 Å². The molecule has 1 atom stereocenters. The van der Waals surface area contributed by atoms with Gasteiger partial charge in [0, 0.05) is 35.5 Å². The molecule has 0 fully saturated rings. The van der Waals surface area contributed by atoms with Gasteiger partial charge in [0.2, 0.25) is 0 Å². The number of fused-ring (bicyclic) bond motifs is 1. The zero-order valence-corrected chi connectivity index (χ0v) is 28.0. The van der Waals surface area contributed by atoms with Crippen LogP contribution in [-0.4, -0.2) is 41.8 Å². The van der Waals surface area contributed by atoms with Crippen LogP contribution in [0, 0.1) is 0 Å². The van der Waals surface area contributed by atoms with E-state index < -0.39 is 23.2 Å². The van der Waals surface area contributed by atoms with E-state index in [0.29, 0.717) is 18.4 Å². The fourth-order valence-electron chi connectivity index (χ4n) is 4.67. The van der Waals surface area contributed by atoms with E-state index in [2.05, 4.69) is 53.7 Å². The number of aromatic amines is 1. The molecule has 45 heavy (non-hydrogen) atoms. The summed E-state index contributed by atoms with van der Waals surface area (Å²) in [5, 5.41) is 3.50. The number of ether oxygens (including phenoxy) is 3. The Morgan fingerprint density at radius 1 is 0.800 bits per heavy atom. The van der Waals surface area contributed by atoms with Crippen LogP contribution in [0.3, 0.4) is 0 Å². The molecule has 1 heterocycles. The second-order valence-corrected chi connectivity index (χ2v) is 12.3. The number of benzene rings is 1. The highest BCUT2D eigenvalue weighted by molar-refractivity contribution is 5.94. The molecular formula is C37H54N2O6. The molecule has 2 N–H and O–H groups in total. The van der Waals surface area contributed by atoms with E-state index in [-0.39, 0.29) is 19.2 Å². The summed E-state index contributed by atoms with van der Waals surface area (Å²) in [6.07, 6.45) is 24.4. The monoisotopic (exact) mass is 622 g/mol. The minimum absolute atomic E-state index is 0.0363. The number of unbranched alkanes of at least 4 members (excludes halogenated alkanes) is 5. The van der Waals surface area contributed by atoms with Crippen molar-refractivity contribution in [3.05, 3.63) is 72.5 Å². The largest absolute Gasteiger partial charge is 0.466 e. The highest BCUT2D eigenvalue weighted by atomic mass is 16.6.